The van der Waals surface area contributed by atoms with E-state index in [1.54, 1.807) is 70.6 Å². The SMILES string of the molecule is C1CCC(C2CC(C3CCCCC3)NC(N3C4CCCCC4C4CC(C5CCC6C(C5)C5CCCCC5N6C5CCCCC5)CCC43)C2)CC1. The Labute approximate surface area is 309 Å². The van der Waals surface area contributed by atoms with Gasteiger partial charge < -0.3 is 0 Å². The Hall–Kier alpha value is -0.120. The Morgan fingerprint density at radius 1 is 0.300 bits per heavy atom. The predicted molar refractivity (Wildman–Crippen MR) is 208 cm³/mol. The third-order valence-corrected chi connectivity index (χ3v) is 19.0. The molecular formula is C47H79N3. The lowest BCUT2D eigenvalue weighted by Crippen LogP contribution is -2.61. The molecule has 3 aliphatic heterocycles. The van der Waals surface area contributed by atoms with Crippen molar-refractivity contribution in [2.45, 2.75) is 241 Å². The maximum absolute atomic E-state index is 4.58. The largest absolute Gasteiger partial charge is 0.299 e. The molecular weight excluding hydrogens is 607 g/mol. The highest BCUT2D eigenvalue weighted by Gasteiger charge is 2.57. The minimum atomic E-state index is 0.697. The number of hydrogen-bond acceptors (Lipinski definition) is 3. The molecule has 10 aliphatic rings. The zero-order chi connectivity index (χ0) is 33.0. The second-order valence-electron chi connectivity index (χ2n) is 21.1. The van der Waals surface area contributed by atoms with E-state index in [1.165, 1.54) is 128 Å². The molecule has 3 heterocycles. The molecule has 3 saturated heterocycles. The minimum Gasteiger partial charge on any atom is -0.299 e. The van der Waals surface area contributed by atoms with Crippen molar-refractivity contribution in [2.24, 2.45) is 53.3 Å². The van der Waals surface area contributed by atoms with Gasteiger partial charge in [-0.05, 0) is 156 Å². The van der Waals surface area contributed by atoms with E-state index in [1.807, 2.05) is 0 Å². The zero-order valence-electron chi connectivity index (χ0n) is 32.6. The number of rotatable bonds is 5. The summed E-state index contributed by atoms with van der Waals surface area (Å²) in [6, 6.07) is 5.52. The van der Waals surface area contributed by atoms with Crippen LogP contribution in [-0.4, -0.2) is 52.2 Å². The summed E-state index contributed by atoms with van der Waals surface area (Å²) < 4.78 is 0. The van der Waals surface area contributed by atoms with Crippen LogP contribution in [0.3, 0.4) is 0 Å². The van der Waals surface area contributed by atoms with Crippen LogP contribution >= 0.6 is 0 Å². The number of fused-ring (bicyclic) bond motifs is 6. The third-order valence-electron chi connectivity index (χ3n) is 19.0. The lowest BCUT2D eigenvalue weighted by Gasteiger charge is -2.51. The summed E-state index contributed by atoms with van der Waals surface area (Å²) in [7, 11) is 0. The Bertz CT molecular complexity index is 1080. The number of piperidine rings is 1. The summed E-state index contributed by atoms with van der Waals surface area (Å²) in [4.78, 5) is 6.58. The molecule has 0 bridgehead atoms. The normalized spacial score (nSPS) is 48.8. The fourth-order valence-electron chi connectivity index (χ4n) is 17.0. The monoisotopic (exact) mass is 686 g/mol. The molecule has 0 aromatic heterocycles. The van der Waals surface area contributed by atoms with Crippen LogP contribution in [0, 0.1) is 53.3 Å². The minimum absolute atomic E-state index is 0.697. The van der Waals surface area contributed by atoms with Gasteiger partial charge in [-0.15, -0.1) is 0 Å². The summed E-state index contributed by atoms with van der Waals surface area (Å²) in [6.45, 7) is 0. The number of nitrogens with one attached hydrogen (secondary N) is 1. The van der Waals surface area contributed by atoms with Crippen molar-refractivity contribution in [2.75, 3.05) is 0 Å². The van der Waals surface area contributed by atoms with Crippen LogP contribution in [0.1, 0.15) is 199 Å². The van der Waals surface area contributed by atoms with Crippen LogP contribution in [0.25, 0.3) is 0 Å². The van der Waals surface area contributed by atoms with E-state index in [0.29, 0.717) is 6.17 Å². The molecule has 282 valence electrons. The van der Waals surface area contributed by atoms with Crippen molar-refractivity contribution in [1.82, 2.24) is 15.1 Å². The number of likely N-dealkylation sites (tertiary alicyclic amines) is 2. The fourth-order valence-corrected chi connectivity index (χ4v) is 17.0. The first-order valence-electron chi connectivity index (χ1n) is 24.1. The van der Waals surface area contributed by atoms with Crippen molar-refractivity contribution in [3.05, 3.63) is 0 Å². The van der Waals surface area contributed by atoms with Gasteiger partial charge in [0.15, 0.2) is 0 Å². The van der Waals surface area contributed by atoms with E-state index < -0.39 is 0 Å². The van der Waals surface area contributed by atoms with E-state index in [-0.39, 0.29) is 0 Å². The summed E-state index contributed by atoms with van der Waals surface area (Å²) in [6.07, 6.45) is 48.4. The van der Waals surface area contributed by atoms with Crippen LogP contribution < -0.4 is 5.32 Å². The quantitative estimate of drug-likeness (QED) is 0.311. The molecule has 50 heavy (non-hydrogen) atoms. The van der Waals surface area contributed by atoms with E-state index in [0.717, 1.165) is 89.5 Å². The average molecular weight is 686 g/mol. The van der Waals surface area contributed by atoms with Crippen LogP contribution in [0.2, 0.25) is 0 Å². The maximum atomic E-state index is 4.58. The van der Waals surface area contributed by atoms with Gasteiger partial charge in [0.05, 0.1) is 6.17 Å². The zero-order valence-corrected chi connectivity index (χ0v) is 32.6. The van der Waals surface area contributed by atoms with Crippen molar-refractivity contribution < 1.29 is 0 Å². The molecule has 7 saturated carbocycles. The first-order chi connectivity index (χ1) is 24.8. The molecule has 0 aromatic carbocycles. The molecule has 0 aromatic rings. The van der Waals surface area contributed by atoms with Crippen molar-refractivity contribution in [3.63, 3.8) is 0 Å². The lowest BCUT2D eigenvalue weighted by molar-refractivity contribution is -0.00899. The molecule has 10 fully saturated rings. The van der Waals surface area contributed by atoms with Crippen LogP contribution in [0.15, 0.2) is 0 Å². The van der Waals surface area contributed by atoms with Crippen molar-refractivity contribution >= 4 is 0 Å². The second-order valence-corrected chi connectivity index (χ2v) is 21.1. The number of nitrogens with zero attached hydrogens (tertiary/aromatic N) is 2. The molecule has 10 rings (SSSR count). The van der Waals surface area contributed by atoms with Gasteiger partial charge in [0.2, 0.25) is 0 Å². The second kappa shape index (κ2) is 15.2. The topological polar surface area (TPSA) is 18.5 Å². The molecule has 0 spiro atoms. The van der Waals surface area contributed by atoms with Gasteiger partial charge in [0.25, 0.3) is 0 Å². The highest BCUT2D eigenvalue weighted by atomic mass is 15.3. The van der Waals surface area contributed by atoms with E-state index in [9.17, 15) is 0 Å². The van der Waals surface area contributed by atoms with Gasteiger partial charge in [-0.1, -0.05) is 96.3 Å². The molecule has 3 heteroatoms. The predicted octanol–water partition coefficient (Wildman–Crippen LogP) is 11.5. The van der Waals surface area contributed by atoms with Gasteiger partial charge in [-0.2, -0.15) is 0 Å². The van der Waals surface area contributed by atoms with Crippen LogP contribution in [0.4, 0.5) is 0 Å². The van der Waals surface area contributed by atoms with Gasteiger partial charge in [-0.25, -0.2) is 0 Å². The Morgan fingerprint density at radius 2 is 0.780 bits per heavy atom. The van der Waals surface area contributed by atoms with Gasteiger partial charge in [0, 0.05) is 36.3 Å². The summed E-state index contributed by atoms with van der Waals surface area (Å²) >= 11 is 0. The third kappa shape index (κ3) is 6.43. The van der Waals surface area contributed by atoms with Crippen molar-refractivity contribution in [1.29, 1.82) is 0 Å². The van der Waals surface area contributed by atoms with Gasteiger partial charge >= 0.3 is 0 Å². The first kappa shape index (κ1) is 34.4. The summed E-state index contributed by atoms with van der Waals surface area (Å²) in [5.74, 6) is 9.28. The van der Waals surface area contributed by atoms with Crippen molar-refractivity contribution in [3.8, 4) is 0 Å². The molecule has 0 amide bonds. The molecule has 1 N–H and O–H groups in total. The van der Waals surface area contributed by atoms with Gasteiger partial charge in [0.1, 0.15) is 0 Å². The lowest BCUT2D eigenvalue weighted by atomic mass is 9.62. The van der Waals surface area contributed by atoms with E-state index in [2.05, 4.69) is 15.1 Å². The molecule has 3 nitrogen and oxygen atoms in total. The highest BCUT2D eigenvalue weighted by Crippen LogP contribution is 2.58. The molecule has 7 aliphatic carbocycles. The number of hydrogen-bond donors (Lipinski definition) is 1. The Morgan fingerprint density at radius 3 is 1.40 bits per heavy atom. The maximum Gasteiger partial charge on any atom is 0.0607 e. The molecule has 0 radical (unpaired) electrons. The van der Waals surface area contributed by atoms with Gasteiger partial charge in [-0.3, -0.25) is 15.1 Å². The Balaban J connectivity index is 0.859. The Kier molecular flexibility index (Phi) is 10.4. The summed E-state index contributed by atoms with van der Waals surface area (Å²) in [5.41, 5.74) is 0. The van der Waals surface area contributed by atoms with Crippen LogP contribution in [-0.2, 0) is 0 Å². The highest BCUT2D eigenvalue weighted by molar-refractivity contribution is 5.10. The van der Waals surface area contributed by atoms with Crippen LogP contribution in [0.5, 0.6) is 0 Å². The fraction of sp³-hybridized carbons (Fsp3) is 1.00. The summed E-state index contributed by atoms with van der Waals surface area (Å²) in [5, 5.41) is 4.58. The molecule has 13 unspecified atom stereocenters. The van der Waals surface area contributed by atoms with E-state index >= 15 is 0 Å². The first-order valence-corrected chi connectivity index (χ1v) is 24.1. The molecule has 13 atom stereocenters. The average Bonchev–Trinajstić information content (AvgIpc) is 3.71. The standard InChI is InChI=1S/C47H79N3/c1-4-14-32(15-5-1)36-30-42(33-16-6-2-7-17-33)48-47(31-36)50-44-23-13-11-21-39(44)41-29-35(25-27-46(41)50)34-24-26-45-40(28-34)38-20-10-12-22-43(38)49(45)37-18-8-3-9-19-37/h32-48H,1-31H2. The van der Waals surface area contributed by atoms with E-state index in [4.69, 9.17) is 0 Å². The smallest absolute Gasteiger partial charge is 0.0607 e.